The van der Waals surface area contributed by atoms with Gasteiger partial charge in [-0.15, -0.1) is 0 Å². The molecule has 2 aromatic rings. The Morgan fingerprint density at radius 1 is 1.39 bits per heavy atom. The minimum Gasteiger partial charge on any atom is -0.460 e. The molecule has 4 heteroatoms. The van der Waals surface area contributed by atoms with Crippen LogP contribution in [0.5, 0.6) is 0 Å². The Morgan fingerprint density at radius 3 is 3.00 bits per heavy atom. The summed E-state index contributed by atoms with van der Waals surface area (Å²) in [5.74, 6) is 2.93. The van der Waals surface area contributed by atoms with Crippen LogP contribution in [0.25, 0.3) is 11.5 Å². The van der Waals surface area contributed by atoms with Crippen LogP contribution in [0.1, 0.15) is 30.1 Å². The van der Waals surface area contributed by atoms with Crippen LogP contribution in [-0.2, 0) is 19.4 Å². The summed E-state index contributed by atoms with van der Waals surface area (Å²) >= 11 is 0. The SMILES string of the molecule is Cc1ccc(-c2nc(CCN)n3c2CCCC3)o1. The number of rotatable bonds is 3. The van der Waals surface area contributed by atoms with Gasteiger partial charge in [-0.3, -0.25) is 0 Å². The molecule has 0 spiro atoms. The van der Waals surface area contributed by atoms with Crippen molar-refractivity contribution in [3.8, 4) is 11.5 Å². The molecule has 0 saturated heterocycles. The highest BCUT2D eigenvalue weighted by Gasteiger charge is 2.22. The number of hydrogen-bond acceptors (Lipinski definition) is 3. The summed E-state index contributed by atoms with van der Waals surface area (Å²) in [6.07, 6.45) is 4.40. The minimum absolute atomic E-state index is 0.646. The molecular weight excluding hydrogens is 226 g/mol. The van der Waals surface area contributed by atoms with E-state index in [1.165, 1.54) is 18.5 Å². The highest BCUT2D eigenvalue weighted by atomic mass is 16.3. The van der Waals surface area contributed by atoms with Crippen LogP contribution in [0.4, 0.5) is 0 Å². The van der Waals surface area contributed by atoms with Crippen molar-refractivity contribution in [1.29, 1.82) is 0 Å². The normalized spacial score (nSPS) is 14.8. The summed E-state index contributed by atoms with van der Waals surface area (Å²) in [6, 6.07) is 4.01. The molecule has 0 bridgehead atoms. The van der Waals surface area contributed by atoms with Crippen LogP contribution in [0.2, 0.25) is 0 Å². The van der Waals surface area contributed by atoms with Crippen LogP contribution in [-0.4, -0.2) is 16.1 Å². The lowest BCUT2D eigenvalue weighted by Gasteiger charge is -2.16. The van der Waals surface area contributed by atoms with E-state index in [0.717, 1.165) is 42.4 Å². The molecule has 2 aromatic heterocycles. The maximum Gasteiger partial charge on any atom is 0.154 e. The van der Waals surface area contributed by atoms with Gasteiger partial charge in [-0.05, 0) is 44.9 Å². The van der Waals surface area contributed by atoms with Gasteiger partial charge >= 0.3 is 0 Å². The molecule has 0 fully saturated rings. The molecule has 96 valence electrons. The predicted octanol–water partition coefficient (Wildman–Crippen LogP) is 2.29. The van der Waals surface area contributed by atoms with E-state index in [-0.39, 0.29) is 0 Å². The Morgan fingerprint density at radius 2 is 2.28 bits per heavy atom. The molecule has 0 amide bonds. The lowest BCUT2D eigenvalue weighted by atomic mass is 10.1. The molecule has 3 heterocycles. The summed E-state index contributed by atoms with van der Waals surface area (Å²) in [4.78, 5) is 4.75. The summed E-state index contributed by atoms with van der Waals surface area (Å²) in [5, 5.41) is 0. The van der Waals surface area contributed by atoms with E-state index in [1.54, 1.807) is 0 Å². The van der Waals surface area contributed by atoms with Gasteiger partial charge in [0.05, 0.1) is 0 Å². The summed E-state index contributed by atoms with van der Waals surface area (Å²) in [7, 11) is 0. The van der Waals surface area contributed by atoms with Gasteiger partial charge < -0.3 is 14.7 Å². The standard InChI is InChI=1S/C14H19N3O/c1-10-5-6-12(18-10)14-11-4-2-3-9-17(11)13(16-14)7-8-15/h5-6H,2-4,7-9,15H2,1H3. The molecule has 2 N–H and O–H groups in total. The van der Waals surface area contributed by atoms with Crippen LogP contribution < -0.4 is 5.73 Å². The molecule has 1 aliphatic heterocycles. The van der Waals surface area contributed by atoms with Gasteiger partial charge in [-0.2, -0.15) is 0 Å². The number of aryl methyl sites for hydroxylation is 1. The van der Waals surface area contributed by atoms with E-state index in [2.05, 4.69) is 4.57 Å². The highest BCUT2D eigenvalue weighted by Crippen LogP contribution is 2.30. The Balaban J connectivity index is 2.08. The zero-order valence-corrected chi connectivity index (χ0v) is 10.8. The molecule has 0 unspecified atom stereocenters. The maximum absolute atomic E-state index is 5.72. The largest absolute Gasteiger partial charge is 0.460 e. The third-order valence-corrected chi connectivity index (χ3v) is 3.54. The van der Waals surface area contributed by atoms with Crippen LogP contribution >= 0.6 is 0 Å². The Bertz CT molecular complexity index is 553. The third kappa shape index (κ3) is 1.86. The molecule has 0 aliphatic carbocycles. The average Bonchev–Trinajstić information content (AvgIpc) is 2.95. The van der Waals surface area contributed by atoms with Crippen molar-refractivity contribution in [1.82, 2.24) is 9.55 Å². The lowest BCUT2D eigenvalue weighted by Crippen LogP contribution is -2.15. The van der Waals surface area contributed by atoms with Crippen molar-refractivity contribution in [2.24, 2.45) is 5.73 Å². The van der Waals surface area contributed by atoms with Crippen molar-refractivity contribution >= 4 is 0 Å². The fraction of sp³-hybridized carbons (Fsp3) is 0.500. The number of nitrogens with two attached hydrogens (primary N) is 1. The number of aromatic nitrogens is 2. The maximum atomic E-state index is 5.72. The first kappa shape index (κ1) is 11.5. The fourth-order valence-electron chi connectivity index (χ4n) is 2.70. The van der Waals surface area contributed by atoms with E-state index >= 15 is 0 Å². The van der Waals surface area contributed by atoms with Crippen molar-refractivity contribution in [2.45, 2.75) is 39.2 Å². The first-order chi connectivity index (χ1) is 8.79. The molecule has 0 atom stereocenters. The smallest absolute Gasteiger partial charge is 0.154 e. The number of nitrogens with zero attached hydrogens (tertiary/aromatic N) is 2. The molecule has 0 radical (unpaired) electrons. The van der Waals surface area contributed by atoms with Crippen LogP contribution in [0.3, 0.4) is 0 Å². The zero-order chi connectivity index (χ0) is 12.5. The van der Waals surface area contributed by atoms with Gasteiger partial charge in [-0.1, -0.05) is 0 Å². The van der Waals surface area contributed by atoms with Crippen molar-refractivity contribution < 1.29 is 4.42 Å². The molecule has 0 aromatic carbocycles. The second kappa shape index (κ2) is 4.61. The zero-order valence-electron chi connectivity index (χ0n) is 10.8. The van der Waals surface area contributed by atoms with Crippen LogP contribution in [0.15, 0.2) is 16.5 Å². The monoisotopic (exact) mass is 245 g/mol. The minimum atomic E-state index is 0.646. The Kier molecular flexibility index (Phi) is 2.96. The van der Waals surface area contributed by atoms with Gasteiger partial charge in [0.1, 0.15) is 17.3 Å². The van der Waals surface area contributed by atoms with Crippen molar-refractivity contribution in [3.63, 3.8) is 0 Å². The predicted molar refractivity (Wildman–Crippen MR) is 70.4 cm³/mol. The van der Waals surface area contributed by atoms with Crippen molar-refractivity contribution in [2.75, 3.05) is 6.54 Å². The van der Waals surface area contributed by atoms with Gasteiger partial charge in [0.15, 0.2) is 5.76 Å². The van der Waals surface area contributed by atoms with Gasteiger partial charge in [0.25, 0.3) is 0 Å². The number of fused-ring (bicyclic) bond motifs is 1. The van der Waals surface area contributed by atoms with Crippen LogP contribution in [0, 0.1) is 6.92 Å². The second-order valence-corrected chi connectivity index (χ2v) is 4.88. The average molecular weight is 245 g/mol. The van der Waals surface area contributed by atoms with E-state index < -0.39 is 0 Å². The van der Waals surface area contributed by atoms with Crippen molar-refractivity contribution in [3.05, 3.63) is 29.4 Å². The molecule has 0 saturated carbocycles. The Hall–Kier alpha value is -1.55. The molecule has 18 heavy (non-hydrogen) atoms. The molecule has 3 rings (SSSR count). The molecular formula is C14H19N3O. The van der Waals surface area contributed by atoms with E-state index in [9.17, 15) is 0 Å². The van der Waals surface area contributed by atoms with E-state index in [4.69, 9.17) is 15.1 Å². The summed E-state index contributed by atoms with van der Waals surface area (Å²) in [5.41, 5.74) is 8.01. The third-order valence-electron chi connectivity index (χ3n) is 3.54. The molecule has 1 aliphatic rings. The second-order valence-electron chi connectivity index (χ2n) is 4.88. The number of furan rings is 1. The first-order valence-electron chi connectivity index (χ1n) is 6.64. The highest BCUT2D eigenvalue weighted by molar-refractivity contribution is 5.57. The fourth-order valence-corrected chi connectivity index (χ4v) is 2.70. The summed E-state index contributed by atoms with van der Waals surface area (Å²) in [6.45, 7) is 3.68. The summed E-state index contributed by atoms with van der Waals surface area (Å²) < 4.78 is 8.06. The number of imidazole rings is 1. The first-order valence-corrected chi connectivity index (χ1v) is 6.64. The van der Waals surface area contributed by atoms with E-state index in [0.29, 0.717) is 6.54 Å². The Labute approximate surface area is 107 Å². The molecule has 4 nitrogen and oxygen atoms in total. The van der Waals surface area contributed by atoms with Gasteiger partial charge in [0, 0.05) is 18.7 Å². The number of hydrogen-bond donors (Lipinski definition) is 1. The van der Waals surface area contributed by atoms with Gasteiger partial charge in [0.2, 0.25) is 0 Å². The topological polar surface area (TPSA) is 57.0 Å². The van der Waals surface area contributed by atoms with Gasteiger partial charge in [-0.25, -0.2) is 4.98 Å². The lowest BCUT2D eigenvalue weighted by molar-refractivity contribution is 0.512. The quantitative estimate of drug-likeness (QED) is 0.902. The van der Waals surface area contributed by atoms with E-state index in [1.807, 2.05) is 19.1 Å².